The van der Waals surface area contributed by atoms with Crippen LogP contribution in [0.3, 0.4) is 0 Å². The van der Waals surface area contributed by atoms with E-state index in [9.17, 15) is 0 Å². The molecular formula is C12H26N2Ni. The average molecular weight is 257 g/mol. The fourth-order valence-corrected chi connectivity index (χ4v) is 1.22. The maximum absolute atomic E-state index is 4.73. The Morgan fingerprint density at radius 3 is 1.67 bits per heavy atom. The zero-order valence-corrected chi connectivity index (χ0v) is 12.1. The number of rotatable bonds is 5. The molecule has 1 atom stereocenters. The smallest absolute Gasteiger partial charge is 0.661 e. The summed E-state index contributed by atoms with van der Waals surface area (Å²) in [5, 5.41) is 9.28. The van der Waals surface area contributed by atoms with Gasteiger partial charge in [0.2, 0.25) is 0 Å². The van der Waals surface area contributed by atoms with E-state index >= 15 is 0 Å². The van der Waals surface area contributed by atoms with E-state index in [1.165, 1.54) is 0 Å². The molecular weight excluding hydrogens is 231 g/mol. The van der Waals surface area contributed by atoms with Crippen molar-refractivity contribution >= 4 is 0 Å². The molecule has 0 rings (SSSR count). The molecule has 3 heteroatoms. The topological polar surface area (TPSA) is 28.2 Å². The molecule has 1 unspecified atom stereocenters. The van der Waals surface area contributed by atoms with Crippen LogP contribution in [-0.2, 0) is 16.5 Å². The van der Waals surface area contributed by atoms with E-state index in [2.05, 4.69) is 53.8 Å². The molecule has 0 aromatic rings. The van der Waals surface area contributed by atoms with E-state index < -0.39 is 0 Å². The third kappa shape index (κ3) is 9.35. The van der Waals surface area contributed by atoms with Gasteiger partial charge < -0.3 is 10.6 Å². The summed E-state index contributed by atoms with van der Waals surface area (Å²) >= 11 is 0. The second-order valence-corrected chi connectivity index (χ2v) is 5.58. The van der Waals surface area contributed by atoms with Crippen molar-refractivity contribution < 1.29 is 16.5 Å². The Bertz CT molecular complexity index is 150. The van der Waals surface area contributed by atoms with Crippen molar-refractivity contribution in [3.63, 3.8) is 0 Å². The molecule has 94 valence electrons. The Kier molecular flexibility index (Phi) is 9.07. The van der Waals surface area contributed by atoms with Gasteiger partial charge in [0.1, 0.15) is 0 Å². The predicted octanol–water partition coefficient (Wildman–Crippen LogP) is 3.96. The van der Waals surface area contributed by atoms with Crippen LogP contribution in [0.2, 0.25) is 0 Å². The minimum atomic E-state index is 0. The van der Waals surface area contributed by atoms with Gasteiger partial charge in [-0.2, -0.15) is 12.6 Å². The Hall–Kier alpha value is 0.414. The van der Waals surface area contributed by atoms with E-state index in [4.69, 9.17) is 5.32 Å². The summed E-state index contributed by atoms with van der Waals surface area (Å²) in [5.41, 5.74) is 0.225. The molecule has 0 amide bonds. The van der Waals surface area contributed by atoms with Crippen molar-refractivity contribution in [2.24, 2.45) is 5.41 Å². The minimum Gasteiger partial charge on any atom is -0.661 e. The first-order valence-electron chi connectivity index (χ1n) is 5.60. The number of hydrogen-bond donors (Lipinski definition) is 0. The van der Waals surface area contributed by atoms with E-state index in [0.29, 0.717) is 18.1 Å². The van der Waals surface area contributed by atoms with Gasteiger partial charge in [-0.25, -0.2) is 0 Å². The molecule has 15 heavy (non-hydrogen) atoms. The van der Waals surface area contributed by atoms with Gasteiger partial charge in [0.15, 0.2) is 0 Å². The summed E-state index contributed by atoms with van der Waals surface area (Å²) in [4.78, 5) is 0. The fourth-order valence-electron chi connectivity index (χ4n) is 1.22. The summed E-state index contributed by atoms with van der Waals surface area (Å²) in [5.74, 6) is 0. The molecule has 0 saturated heterocycles. The molecule has 0 heterocycles. The average Bonchev–Trinajstić information content (AvgIpc) is 1.94. The maximum Gasteiger partial charge on any atom is 2.00 e. The second-order valence-electron chi connectivity index (χ2n) is 5.58. The molecule has 0 aliphatic carbocycles. The maximum atomic E-state index is 4.73. The standard InChI is InChI=1S/C12H26N2.Ni/c1-9(2)13-8-11(12(5,6)7)14-10(3)4;/h9-11H,8H2,1-7H3;/q-2;+2. The third-order valence-electron chi connectivity index (χ3n) is 2.12. The van der Waals surface area contributed by atoms with Gasteiger partial charge in [0, 0.05) is 0 Å². The minimum absolute atomic E-state index is 0. The quantitative estimate of drug-likeness (QED) is 0.667. The Morgan fingerprint density at radius 1 is 0.933 bits per heavy atom. The summed E-state index contributed by atoms with van der Waals surface area (Å²) in [6.45, 7) is 16.1. The summed E-state index contributed by atoms with van der Waals surface area (Å²) in [6, 6.07) is 1.17. The molecule has 0 aromatic heterocycles. The number of nitrogens with zero attached hydrogens (tertiary/aromatic N) is 2. The molecule has 0 saturated carbocycles. The molecule has 0 N–H and O–H groups in total. The van der Waals surface area contributed by atoms with Crippen LogP contribution >= 0.6 is 0 Å². The van der Waals surface area contributed by atoms with Gasteiger partial charge in [-0.05, 0) is 0 Å². The zero-order valence-electron chi connectivity index (χ0n) is 11.1. The van der Waals surface area contributed by atoms with Crippen molar-refractivity contribution in [3.05, 3.63) is 10.6 Å². The van der Waals surface area contributed by atoms with E-state index in [-0.39, 0.29) is 21.9 Å². The van der Waals surface area contributed by atoms with Gasteiger partial charge in [0.05, 0.1) is 0 Å². The second kappa shape index (κ2) is 7.65. The Balaban J connectivity index is 0. The van der Waals surface area contributed by atoms with Crippen LogP contribution in [0.15, 0.2) is 0 Å². The first-order valence-corrected chi connectivity index (χ1v) is 5.60. The first kappa shape index (κ1) is 17.8. The molecule has 0 fully saturated rings. The molecule has 0 aliphatic heterocycles. The van der Waals surface area contributed by atoms with Crippen LogP contribution in [0.1, 0.15) is 48.5 Å². The van der Waals surface area contributed by atoms with Gasteiger partial charge in [-0.1, -0.05) is 53.9 Å². The normalized spacial score (nSPS) is 14.2. The van der Waals surface area contributed by atoms with Crippen LogP contribution in [-0.4, -0.2) is 24.7 Å². The molecule has 0 aromatic carbocycles. The summed E-state index contributed by atoms with van der Waals surface area (Å²) in [7, 11) is 0. The van der Waals surface area contributed by atoms with Crippen molar-refractivity contribution in [1.29, 1.82) is 0 Å². The van der Waals surface area contributed by atoms with E-state index in [1.807, 2.05) is 0 Å². The van der Waals surface area contributed by atoms with Crippen LogP contribution in [0.25, 0.3) is 10.6 Å². The van der Waals surface area contributed by atoms with Crippen molar-refractivity contribution in [2.75, 3.05) is 6.54 Å². The van der Waals surface area contributed by atoms with Crippen molar-refractivity contribution in [2.45, 2.75) is 66.6 Å². The van der Waals surface area contributed by atoms with Crippen LogP contribution < -0.4 is 0 Å². The van der Waals surface area contributed by atoms with Crippen molar-refractivity contribution in [3.8, 4) is 0 Å². The molecule has 0 spiro atoms. The van der Waals surface area contributed by atoms with Crippen LogP contribution in [0.5, 0.6) is 0 Å². The van der Waals surface area contributed by atoms with E-state index in [1.54, 1.807) is 0 Å². The van der Waals surface area contributed by atoms with Gasteiger partial charge in [0.25, 0.3) is 0 Å². The third-order valence-corrected chi connectivity index (χ3v) is 2.12. The zero-order chi connectivity index (χ0) is 11.4. The van der Waals surface area contributed by atoms with Crippen molar-refractivity contribution in [1.82, 2.24) is 0 Å². The Morgan fingerprint density at radius 2 is 1.40 bits per heavy atom. The Labute approximate surface area is 106 Å². The predicted molar refractivity (Wildman–Crippen MR) is 65.1 cm³/mol. The monoisotopic (exact) mass is 256 g/mol. The van der Waals surface area contributed by atoms with Gasteiger partial charge in [-0.15, -0.1) is 12.1 Å². The largest absolute Gasteiger partial charge is 2.00 e. The first-order chi connectivity index (χ1) is 6.23. The fraction of sp³-hybridized carbons (Fsp3) is 1.00. The summed E-state index contributed by atoms with van der Waals surface area (Å²) in [6.07, 6.45) is 0. The van der Waals surface area contributed by atoms with Crippen LogP contribution in [0.4, 0.5) is 0 Å². The van der Waals surface area contributed by atoms with Crippen LogP contribution in [0, 0.1) is 5.41 Å². The SMILES string of the molecule is CC(C)[N-]CC([N-]C(C)C)C(C)(C)C.[Ni+2]. The summed E-state index contributed by atoms with van der Waals surface area (Å²) < 4.78 is 0. The molecule has 0 aliphatic rings. The van der Waals surface area contributed by atoms with Gasteiger partial charge >= 0.3 is 16.5 Å². The number of hydrogen-bond acceptors (Lipinski definition) is 0. The van der Waals surface area contributed by atoms with Gasteiger partial charge in [-0.3, -0.25) is 0 Å². The molecule has 2 nitrogen and oxygen atoms in total. The van der Waals surface area contributed by atoms with E-state index in [0.717, 1.165) is 6.54 Å². The molecule has 0 bridgehead atoms. The molecule has 0 radical (unpaired) electrons.